The number of hydrogen-bond donors (Lipinski definition) is 4. The molecule has 5 aromatic rings. The van der Waals surface area contributed by atoms with Gasteiger partial charge in [0, 0.05) is 35.7 Å². The number of sulfonamides is 1. The topological polar surface area (TPSA) is 170 Å². The molecule has 2 aliphatic rings. The molecule has 282 valence electrons. The Kier molecular flexibility index (Phi) is 8.94. The summed E-state index contributed by atoms with van der Waals surface area (Å²) in [5, 5.41) is 21.9. The lowest BCUT2D eigenvalue weighted by Gasteiger charge is -2.23. The summed E-state index contributed by atoms with van der Waals surface area (Å²) in [6.07, 6.45) is 0.986. The number of fused-ring (bicyclic) bond motifs is 4. The monoisotopic (exact) mass is 784 g/mol. The fourth-order valence-electron chi connectivity index (χ4n) is 7.07. The van der Waals surface area contributed by atoms with Crippen molar-refractivity contribution in [1.82, 2.24) is 29.9 Å². The molecule has 0 unspecified atom stereocenters. The van der Waals surface area contributed by atoms with E-state index in [4.69, 9.17) is 22.3 Å². The lowest BCUT2D eigenvalue weighted by molar-refractivity contribution is -0.122. The zero-order valence-electron chi connectivity index (χ0n) is 29.2. The number of hydrogen-bond acceptors (Lipinski definition) is 8. The van der Waals surface area contributed by atoms with Crippen LogP contribution in [0.1, 0.15) is 60.4 Å². The second-order valence-corrected chi connectivity index (χ2v) is 16.2. The number of nitrogens with two attached hydrogens (primary N) is 1. The lowest BCUT2D eigenvalue weighted by atomic mass is 9.93. The number of amides is 1. The maximum Gasteiger partial charge on any atom is 0.293 e. The van der Waals surface area contributed by atoms with Gasteiger partial charge in [0.05, 0.1) is 33.9 Å². The van der Waals surface area contributed by atoms with E-state index in [9.17, 15) is 27.1 Å². The average Bonchev–Trinajstić information content (AvgIpc) is 3.62. The highest BCUT2D eigenvalue weighted by Gasteiger charge is 2.66. The van der Waals surface area contributed by atoms with E-state index in [1.165, 1.54) is 24.6 Å². The van der Waals surface area contributed by atoms with Gasteiger partial charge in [-0.3, -0.25) is 18.9 Å². The van der Waals surface area contributed by atoms with Gasteiger partial charge in [0.25, 0.3) is 5.92 Å². The maximum atomic E-state index is 15.3. The van der Waals surface area contributed by atoms with Gasteiger partial charge in [-0.15, -0.1) is 0 Å². The van der Waals surface area contributed by atoms with Crippen LogP contribution in [0.3, 0.4) is 0 Å². The molecule has 0 saturated heterocycles. The minimum absolute atomic E-state index is 0.0513. The first-order valence-electron chi connectivity index (χ1n) is 16.6. The van der Waals surface area contributed by atoms with E-state index in [1.54, 1.807) is 25.2 Å². The summed E-state index contributed by atoms with van der Waals surface area (Å²) in [5.74, 6) is -1.78. The largest absolute Gasteiger partial charge is 0.382 e. The van der Waals surface area contributed by atoms with Gasteiger partial charge >= 0.3 is 0 Å². The van der Waals surface area contributed by atoms with Crippen molar-refractivity contribution >= 4 is 50.1 Å². The molecule has 7 rings (SSSR count). The molecule has 3 atom stereocenters. The van der Waals surface area contributed by atoms with Crippen LogP contribution in [-0.2, 0) is 40.8 Å². The lowest BCUT2D eigenvalue weighted by Crippen LogP contribution is -2.35. The summed E-state index contributed by atoms with van der Waals surface area (Å²) < 4.78 is 88.7. The van der Waals surface area contributed by atoms with Gasteiger partial charge in [-0.1, -0.05) is 23.6 Å². The number of rotatable bonds is 9. The number of carbonyl (C=O) groups excluding carboxylic acids is 1. The number of carbonyl (C=O) groups is 1. The highest BCUT2D eigenvalue weighted by molar-refractivity contribution is 7.92. The quantitative estimate of drug-likeness (QED) is 0.118. The molecule has 0 radical (unpaired) electrons. The van der Waals surface area contributed by atoms with Crippen LogP contribution in [0.2, 0.25) is 5.02 Å². The highest BCUT2D eigenvalue weighted by atomic mass is 35.5. The first-order valence-corrected chi connectivity index (χ1v) is 18.9. The van der Waals surface area contributed by atoms with Gasteiger partial charge in [-0.25, -0.2) is 22.2 Å². The third-order valence-electron chi connectivity index (χ3n) is 9.21. The molecule has 0 aliphatic heterocycles. The van der Waals surface area contributed by atoms with Gasteiger partial charge in [-0.2, -0.15) is 19.0 Å². The van der Waals surface area contributed by atoms with Crippen LogP contribution < -0.4 is 15.8 Å². The average molecular weight is 785 g/mol. The second kappa shape index (κ2) is 13.0. The van der Waals surface area contributed by atoms with Gasteiger partial charge in [0.1, 0.15) is 41.0 Å². The molecule has 1 amide bonds. The second-order valence-electron chi connectivity index (χ2n) is 14.1. The Labute approximate surface area is 311 Å². The minimum Gasteiger partial charge on any atom is -0.382 e. The normalized spacial score (nSPS) is 17.7. The Morgan fingerprint density at radius 1 is 1.15 bits per heavy atom. The minimum atomic E-state index is -3.79. The number of pyridine rings is 1. The fraction of sp³-hybridized carbons (Fsp3) is 0.333. The first-order chi connectivity index (χ1) is 25.2. The van der Waals surface area contributed by atoms with Crippen molar-refractivity contribution in [3.8, 4) is 23.0 Å². The first kappa shape index (κ1) is 37.1. The van der Waals surface area contributed by atoms with Crippen molar-refractivity contribution in [3.05, 3.63) is 87.3 Å². The number of aryl methyl sites for hydroxylation is 1. The van der Waals surface area contributed by atoms with Crippen molar-refractivity contribution in [2.75, 3.05) is 16.7 Å². The Morgan fingerprint density at radius 2 is 1.83 bits per heavy atom. The summed E-state index contributed by atoms with van der Waals surface area (Å²) in [5.41, 5.74) is 5.94. The Hall–Kier alpha value is -5.18. The van der Waals surface area contributed by atoms with E-state index in [2.05, 4.69) is 32.1 Å². The van der Waals surface area contributed by atoms with E-state index in [0.717, 1.165) is 23.1 Å². The van der Waals surface area contributed by atoms with Crippen LogP contribution in [0.15, 0.2) is 42.5 Å². The molecule has 0 bridgehead atoms. The number of aromatic nitrogens is 5. The Balaban J connectivity index is 1.38. The molecule has 18 heteroatoms. The van der Waals surface area contributed by atoms with Gasteiger partial charge in [0.15, 0.2) is 5.82 Å². The molecule has 54 heavy (non-hydrogen) atoms. The fourth-order valence-corrected chi connectivity index (χ4v) is 7.81. The van der Waals surface area contributed by atoms with Crippen molar-refractivity contribution in [2.24, 2.45) is 13.0 Å². The van der Waals surface area contributed by atoms with Crippen LogP contribution >= 0.6 is 11.6 Å². The number of halogens is 5. The van der Waals surface area contributed by atoms with Crippen LogP contribution in [0, 0.1) is 29.4 Å². The number of nitrogen functional groups attached to an aromatic ring is 1. The maximum absolute atomic E-state index is 15.3. The van der Waals surface area contributed by atoms with Gasteiger partial charge < -0.3 is 16.2 Å². The molecule has 12 nitrogen and oxygen atoms in total. The van der Waals surface area contributed by atoms with Crippen LogP contribution in [0.4, 0.5) is 29.2 Å². The standard InChI is InChI=1S/C36H33ClF4N8O4S/c1-35(2,51)10-9-20-5-6-21(22-7-8-25(37)29-31(22)48(3)46-34(29)47-54(4,52)53)30(43-20)26(13-17-11-18(38)14-19(39)12-17)44-27(50)16-49-32-28(33(42)45-49)23-15-24(23)36(32,40)41/h5-8,11-12,14,23-24,26,51H,13,15-16H2,1-4H3,(H2,42,45)(H,44,50)(H,46,47)/t23-,24+,26-/m0/s1. The number of alkyl halides is 2. The van der Waals surface area contributed by atoms with E-state index in [0.29, 0.717) is 22.7 Å². The van der Waals surface area contributed by atoms with E-state index in [-0.39, 0.29) is 57.4 Å². The molecule has 3 aromatic heterocycles. The summed E-state index contributed by atoms with van der Waals surface area (Å²) in [4.78, 5) is 18.6. The Morgan fingerprint density at radius 3 is 2.50 bits per heavy atom. The molecular weight excluding hydrogens is 752 g/mol. The SMILES string of the molecule is Cn1nc(NS(C)(=O)=O)c2c(Cl)ccc(-c3ccc(C#CC(C)(C)O)nc3[C@H](Cc3cc(F)cc(F)c3)NC(=O)Cn3nc(N)c4c3C(F)(F)[C@@H]3C[C@H]43)c21. The van der Waals surface area contributed by atoms with E-state index < -0.39 is 69.2 Å². The molecular formula is C36H33ClF4N8O4S. The number of benzene rings is 2. The zero-order valence-corrected chi connectivity index (χ0v) is 30.8. The van der Waals surface area contributed by atoms with E-state index in [1.807, 2.05) is 0 Å². The third-order valence-corrected chi connectivity index (χ3v) is 10.1. The van der Waals surface area contributed by atoms with Crippen molar-refractivity contribution < 1.29 is 35.9 Å². The predicted molar refractivity (Wildman–Crippen MR) is 193 cm³/mol. The summed E-state index contributed by atoms with van der Waals surface area (Å²) >= 11 is 6.59. The number of aliphatic hydroxyl groups is 1. The smallest absolute Gasteiger partial charge is 0.293 e. The molecule has 5 N–H and O–H groups in total. The third kappa shape index (κ3) is 7.08. The van der Waals surface area contributed by atoms with Crippen LogP contribution in [-0.4, -0.2) is 55.8 Å². The molecule has 1 fully saturated rings. The predicted octanol–water partition coefficient (Wildman–Crippen LogP) is 5.15. The molecule has 2 aliphatic carbocycles. The van der Waals surface area contributed by atoms with Crippen LogP contribution in [0.5, 0.6) is 0 Å². The van der Waals surface area contributed by atoms with E-state index >= 15 is 8.78 Å². The molecule has 2 aromatic carbocycles. The van der Waals surface area contributed by atoms with Gasteiger partial charge in [-0.05, 0) is 74.4 Å². The summed E-state index contributed by atoms with van der Waals surface area (Å²) in [7, 11) is -2.23. The van der Waals surface area contributed by atoms with Gasteiger partial charge in [0.2, 0.25) is 15.9 Å². The number of nitrogens with one attached hydrogen (secondary N) is 2. The Bertz CT molecular complexity index is 2540. The number of nitrogens with zero attached hydrogens (tertiary/aromatic N) is 5. The van der Waals surface area contributed by atoms with Crippen molar-refractivity contribution in [3.63, 3.8) is 0 Å². The van der Waals surface area contributed by atoms with Crippen LogP contribution in [0.25, 0.3) is 22.0 Å². The zero-order chi connectivity index (χ0) is 39.1. The molecule has 1 saturated carbocycles. The summed E-state index contributed by atoms with van der Waals surface area (Å²) in [6, 6.07) is 7.97. The van der Waals surface area contributed by atoms with Crippen molar-refractivity contribution in [2.45, 2.75) is 56.7 Å². The van der Waals surface area contributed by atoms with Crippen molar-refractivity contribution in [1.29, 1.82) is 0 Å². The molecule has 3 heterocycles. The molecule has 0 spiro atoms. The summed E-state index contributed by atoms with van der Waals surface area (Å²) in [6.45, 7) is 2.28. The number of anilines is 2. The highest BCUT2D eigenvalue weighted by Crippen LogP contribution is 2.68.